The Hall–Kier alpha value is -3.32. The van der Waals surface area contributed by atoms with E-state index in [0.717, 1.165) is 30.5 Å². The van der Waals surface area contributed by atoms with Crippen LogP contribution in [0.5, 0.6) is 5.75 Å². The van der Waals surface area contributed by atoms with Gasteiger partial charge in [-0.2, -0.15) is 0 Å². The molecule has 1 saturated heterocycles. The Bertz CT molecular complexity index is 1170. The van der Waals surface area contributed by atoms with E-state index in [1.54, 1.807) is 6.20 Å². The second kappa shape index (κ2) is 9.89. The highest BCUT2D eigenvalue weighted by atomic mass is 16.5. The largest absolute Gasteiger partial charge is 0.490 e. The van der Waals surface area contributed by atoms with E-state index in [0.29, 0.717) is 12.3 Å². The second-order valence-corrected chi connectivity index (χ2v) is 8.95. The number of likely N-dealkylation sites (N-methyl/N-ethyl adjacent to an activating group) is 1. The molecule has 6 heteroatoms. The van der Waals surface area contributed by atoms with Crippen LogP contribution in [0.3, 0.4) is 0 Å². The molecule has 2 heterocycles. The number of piperazine rings is 1. The van der Waals surface area contributed by atoms with Crippen molar-refractivity contribution in [3.05, 3.63) is 103 Å². The zero-order valence-corrected chi connectivity index (χ0v) is 19.4. The number of hydrogen-bond acceptors (Lipinski definition) is 6. The highest BCUT2D eigenvalue weighted by Crippen LogP contribution is 2.39. The molecule has 1 fully saturated rings. The summed E-state index contributed by atoms with van der Waals surface area (Å²) >= 11 is 0. The lowest BCUT2D eigenvalue weighted by molar-refractivity contribution is -0.0137. The number of nitrogens with zero attached hydrogens (tertiary/aromatic N) is 4. The van der Waals surface area contributed by atoms with E-state index in [1.807, 2.05) is 18.2 Å². The molecule has 1 aromatic heterocycles. The summed E-state index contributed by atoms with van der Waals surface area (Å²) in [6.45, 7) is 3.32. The van der Waals surface area contributed by atoms with E-state index >= 15 is 0 Å². The van der Waals surface area contributed by atoms with Gasteiger partial charge >= 0.3 is 0 Å². The highest BCUT2D eigenvalue weighted by Gasteiger charge is 2.44. The van der Waals surface area contributed by atoms with Gasteiger partial charge in [0.1, 0.15) is 24.8 Å². The maximum Gasteiger partial charge on any atom is 0.130 e. The molecule has 0 saturated carbocycles. The summed E-state index contributed by atoms with van der Waals surface area (Å²) < 4.78 is 6.06. The van der Waals surface area contributed by atoms with Crippen LogP contribution >= 0.6 is 0 Å². The van der Waals surface area contributed by atoms with E-state index in [1.165, 1.54) is 17.5 Å². The molecule has 3 aromatic carbocycles. The lowest BCUT2D eigenvalue weighted by Crippen LogP contribution is -2.61. The molecule has 0 radical (unpaired) electrons. The fourth-order valence-corrected chi connectivity index (χ4v) is 5.04. The fraction of sp³-hybridized carbons (Fsp3) is 0.286. The van der Waals surface area contributed by atoms with Crippen LogP contribution < -0.4 is 4.74 Å². The molecule has 0 aliphatic carbocycles. The zero-order valence-electron chi connectivity index (χ0n) is 19.4. The zero-order chi connectivity index (χ0) is 23.4. The van der Waals surface area contributed by atoms with Crippen LogP contribution in [0.25, 0.3) is 10.9 Å². The minimum Gasteiger partial charge on any atom is -0.490 e. The standard InChI is InChI=1S/C28H30N4O2/c1-31-15-16-32(18-24(33)19-34-27-14-8-13-26-25(27)17-29-21-30-26)28(20-31,22-9-4-2-5-10-22)23-11-6-3-7-12-23/h2-14,17,21,24,33H,15-16,18-20H2,1H3. The molecule has 174 valence electrons. The summed E-state index contributed by atoms with van der Waals surface area (Å²) in [6, 6.07) is 27.0. The van der Waals surface area contributed by atoms with Crippen LogP contribution in [0.4, 0.5) is 0 Å². The molecule has 0 bridgehead atoms. The average Bonchev–Trinajstić information content (AvgIpc) is 2.89. The number of β-amino-alcohol motifs (C(OH)–C–C–N with tert-alkyl or cyclic N) is 1. The molecule has 4 aromatic rings. The minimum atomic E-state index is -0.657. The Balaban J connectivity index is 1.41. The molecular weight excluding hydrogens is 424 g/mol. The molecule has 0 amide bonds. The number of hydrogen-bond donors (Lipinski definition) is 1. The Morgan fingerprint density at radius 3 is 2.35 bits per heavy atom. The van der Waals surface area contributed by atoms with E-state index in [-0.39, 0.29) is 12.1 Å². The normalized spacial score (nSPS) is 17.5. The van der Waals surface area contributed by atoms with E-state index < -0.39 is 6.10 Å². The van der Waals surface area contributed by atoms with E-state index in [4.69, 9.17) is 4.74 Å². The average molecular weight is 455 g/mol. The first kappa shape index (κ1) is 22.5. The Morgan fingerprint density at radius 2 is 1.65 bits per heavy atom. The van der Waals surface area contributed by atoms with Crippen LogP contribution in [0.1, 0.15) is 11.1 Å². The number of ether oxygens (including phenoxy) is 1. The second-order valence-electron chi connectivity index (χ2n) is 8.95. The van der Waals surface area contributed by atoms with Gasteiger partial charge in [0, 0.05) is 32.4 Å². The first-order valence-corrected chi connectivity index (χ1v) is 11.7. The first-order valence-electron chi connectivity index (χ1n) is 11.7. The Morgan fingerprint density at radius 1 is 0.941 bits per heavy atom. The molecule has 34 heavy (non-hydrogen) atoms. The maximum atomic E-state index is 11.1. The highest BCUT2D eigenvalue weighted by molar-refractivity contribution is 5.83. The quantitative estimate of drug-likeness (QED) is 0.461. The molecule has 1 atom stereocenters. The summed E-state index contributed by atoms with van der Waals surface area (Å²) in [4.78, 5) is 13.2. The first-order chi connectivity index (χ1) is 16.7. The van der Waals surface area contributed by atoms with Crippen LogP contribution in [-0.4, -0.2) is 70.8 Å². The van der Waals surface area contributed by atoms with Crippen LogP contribution in [-0.2, 0) is 5.54 Å². The van der Waals surface area contributed by atoms with Crippen LogP contribution in [0, 0.1) is 0 Å². The predicted octanol–water partition coefficient (Wildman–Crippen LogP) is 3.56. The number of aliphatic hydroxyl groups excluding tert-OH is 1. The lowest BCUT2D eigenvalue weighted by Gasteiger charge is -2.51. The summed E-state index contributed by atoms with van der Waals surface area (Å²) in [5, 5.41) is 12.0. The van der Waals surface area contributed by atoms with Gasteiger partial charge in [-0.05, 0) is 30.3 Å². The van der Waals surface area contributed by atoms with E-state index in [2.05, 4.69) is 87.5 Å². The lowest BCUT2D eigenvalue weighted by atomic mass is 9.79. The van der Waals surface area contributed by atoms with E-state index in [9.17, 15) is 5.11 Å². The summed E-state index contributed by atoms with van der Waals surface area (Å²) in [5.74, 6) is 0.688. The monoisotopic (exact) mass is 454 g/mol. The molecule has 1 N–H and O–H groups in total. The number of fused-ring (bicyclic) bond motifs is 1. The van der Waals surface area contributed by atoms with Crippen molar-refractivity contribution in [2.75, 3.05) is 39.8 Å². The third kappa shape index (κ3) is 4.40. The van der Waals surface area contributed by atoms with Gasteiger partial charge in [0.2, 0.25) is 0 Å². The number of benzene rings is 3. The molecular formula is C28H30N4O2. The van der Waals surface area contributed by atoms with Gasteiger partial charge in [0.15, 0.2) is 0 Å². The fourth-order valence-electron chi connectivity index (χ4n) is 5.04. The van der Waals surface area contributed by atoms with Crippen LogP contribution in [0.15, 0.2) is 91.4 Å². The Kier molecular flexibility index (Phi) is 6.54. The summed E-state index contributed by atoms with van der Waals surface area (Å²) in [5.41, 5.74) is 2.93. The molecule has 5 rings (SSSR count). The van der Waals surface area contributed by atoms with Gasteiger partial charge in [0.25, 0.3) is 0 Å². The van der Waals surface area contributed by atoms with Gasteiger partial charge in [0.05, 0.1) is 16.4 Å². The smallest absolute Gasteiger partial charge is 0.130 e. The predicted molar refractivity (Wildman–Crippen MR) is 134 cm³/mol. The van der Waals surface area contributed by atoms with Crippen molar-refractivity contribution in [3.63, 3.8) is 0 Å². The minimum absolute atomic E-state index is 0.194. The van der Waals surface area contributed by atoms with Crippen molar-refractivity contribution >= 4 is 10.9 Å². The molecule has 0 spiro atoms. The van der Waals surface area contributed by atoms with Crippen molar-refractivity contribution in [2.24, 2.45) is 0 Å². The van der Waals surface area contributed by atoms with Crippen molar-refractivity contribution in [1.29, 1.82) is 0 Å². The maximum absolute atomic E-state index is 11.1. The SMILES string of the molecule is CN1CCN(CC(O)COc2cccc3ncncc23)C(c2ccccc2)(c2ccccc2)C1. The van der Waals surface area contributed by atoms with Gasteiger partial charge in [-0.3, -0.25) is 4.90 Å². The molecule has 1 aliphatic heterocycles. The van der Waals surface area contributed by atoms with Crippen LogP contribution in [0.2, 0.25) is 0 Å². The number of rotatable bonds is 7. The van der Waals surface area contributed by atoms with Crippen molar-refractivity contribution in [1.82, 2.24) is 19.8 Å². The summed E-state index contributed by atoms with van der Waals surface area (Å²) in [7, 11) is 2.17. The molecule has 1 unspecified atom stereocenters. The van der Waals surface area contributed by atoms with Gasteiger partial charge in [-0.15, -0.1) is 0 Å². The molecule has 1 aliphatic rings. The third-order valence-electron chi connectivity index (χ3n) is 6.67. The third-order valence-corrected chi connectivity index (χ3v) is 6.67. The Labute approximate surface area is 200 Å². The van der Waals surface area contributed by atoms with Crippen molar-refractivity contribution in [3.8, 4) is 5.75 Å². The number of aliphatic hydroxyl groups is 1. The van der Waals surface area contributed by atoms with Crippen molar-refractivity contribution in [2.45, 2.75) is 11.6 Å². The van der Waals surface area contributed by atoms with Gasteiger partial charge < -0.3 is 14.7 Å². The molecule has 6 nitrogen and oxygen atoms in total. The van der Waals surface area contributed by atoms with Gasteiger partial charge in [-0.25, -0.2) is 9.97 Å². The topological polar surface area (TPSA) is 61.7 Å². The van der Waals surface area contributed by atoms with Gasteiger partial charge in [-0.1, -0.05) is 66.7 Å². The summed E-state index contributed by atoms with van der Waals surface area (Å²) in [6.07, 6.45) is 2.62. The van der Waals surface area contributed by atoms with Crippen molar-refractivity contribution < 1.29 is 9.84 Å². The number of aromatic nitrogens is 2.